The summed E-state index contributed by atoms with van der Waals surface area (Å²) >= 11 is 24.4. The van der Waals surface area contributed by atoms with Gasteiger partial charge in [0.05, 0.1) is 37.7 Å². The topological polar surface area (TPSA) is 52.0 Å². The van der Waals surface area contributed by atoms with Gasteiger partial charge in [-0.1, -0.05) is 72.4 Å². The number of hydrogen-bond donors (Lipinski definition) is 0. The Morgan fingerprint density at radius 3 is 2.06 bits per heavy atom. The molecule has 0 fully saturated rings. The van der Waals surface area contributed by atoms with Gasteiger partial charge >= 0.3 is 0 Å². The molecule has 0 aliphatic rings. The number of nitrogens with zero attached hydrogens (tertiary/aromatic N) is 2. The van der Waals surface area contributed by atoms with E-state index in [1.165, 1.54) is 41.1 Å². The monoisotopic (exact) mass is 570 g/mol. The number of sulfone groups is 1. The Balaban J connectivity index is 1.89. The fourth-order valence-corrected chi connectivity index (χ4v) is 5.84. The Morgan fingerprint density at radius 2 is 1.46 bits per heavy atom. The number of imidazole rings is 1. The molecule has 0 aliphatic carbocycles. The number of halogens is 5. The van der Waals surface area contributed by atoms with Gasteiger partial charge in [-0.25, -0.2) is 17.8 Å². The highest BCUT2D eigenvalue weighted by Gasteiger charge is 2.33. The number of rotatable bonds is 6. The molecule has 0 amide bonds. The van der Waals surface area contributed by atoms with Crippen molar-refractivity contribution < 1.29 is 12.8 Å². The molecule has 0 radical (unpaired) electrons. The molecule has 0 atom stereocenters. The molecule has 4 rings (SSSR count). The highest BCUT2D eigenvalue weighted by Crippen LogP contribution is 2.37. The lowest BCUT2D eigenvalue weighted by atomic mass is 9.81. The summed E-state index contributed by atoms with van der Waals surface area (Å²) in [6.45, 7) is 3.83. The SMILES string of the molecule is CC(C)(c1ccc(Cl)c(Cl)c1)c1cnc(S(=O)(=O)Cc2ccc(Cl)c(Cl)c2)n1-c1ccc(F)cc1. The van der Waals surface area contributed by atoms with E-state index in [1.54, 1.807) is 24.3 Å². The normalized spacial score (nSPS) is 12.2. The lowest BCUT2D eigenvalue weighted by molar-refractivity contribution is 0.567. The second-order valence-electron chi connectivity index (χ2n) is 8.50. The van der Waals surface area contributed by atoms with E-state index in [-0.39, 0.29) is 15.9 Å². The molecule has 0 N–H and O–H groups in total. The van der Waals surface area contributed by atoms with E-state index in [4.69, 9.17) is 46.4 Å². The number of benzene rings is 3. The van der Waals surface area contributed by atoms with Gasteiger partial charge in [-0.15, -0.1) is 0 Å². The zero-order valence-corrected chi connectivity index (χ0v) is 22.4. The van der Waals surface area contributed by atoms with E-state index in [1.807, 2.05) is 19.9 Å². The fourth-order valence-electron chi connectivity index (χ4n) is 3.78. The van der Waals surface area contributed by atoms with Crippen molar-refractivity contribution in [1.29, 1.82) is 0 Å². The average Bonchev–Trinajstić information content (AvgIpc) is 3.25. The van der Waals surface area contributed by atoms with Gasteiger partial charge in [-0.2, -0.15) is 0 Å². The Labute approximate surface area is 223 Å². The summed E-state index contributed by atoms with van der Waals surface area (Å²) in [6.07, 6.45) is 1.51. The Bertz CT molecular complexity index is 1520. The summed E-state index contributed by atoms with van der Waals surface area (Å²) in [4.78, 5) is 4.32. The van der Waals surface area contributed by atoms with Crippen LogP contribution in [-0.2, 0) is 21.0 Å². The molecule has 0 aliphatic heterocycles. The molecule has 0 spiro atoms. The molecule has 1 aromatic heterocycles. The van der Waals surface area contributed by atoms with Gasteiger partial charge in [0.2, 0.25) is 15.0 Å². The molecule has 4 aromatic rings. The molecule has 1 heterocycles. The maximum Gasteiger partial charge on any atom is 0.232 e. The smallest absolute Gasteiger partial charge is 0.232 e. The van der Waals surface area contributed by atoms with E-state index < -0.39 is 21.1 Å². The molecule has 0 unspecified atom stereocenters. The van der Waals surface area contributed by atoms with Crippen LogP contribution in [0.15, 0.2) is 72.0 Å². The van der Waals surface area contributed by atoms with Crippen LogP contribution in [0.5, 0.6) is 0 Å². The predicted octanol–water partition coefficient (Wildman–Crippen LogP) is 7.92. The largest absolute Gasteiger partial charge is 0.287 e. The van der Waals surface area contributed by atoms with Crippen LogP contribution in [-0.4, -0.2) is 18.0 Å². The van der Waals surface area contributed by atoms with Crippen LogP contribution in [0.3, 0.4) is 0 Å². The summed E-state index contributed by atoms with van der Waals surface area (Å²) < 4.78 is 42.4. The van der Waals surface area contributed by atoms with Gasteiger partial charge in [0.1, 0.15) is 5.82 Å². The second kappa shape index (κ2) is 9.75. The lowest BCUT2D eigenvalue weighted by Crippen LogP contribution is -2.24. The van der Waals surface area contributed by atoms with Crippen LogP contribution < -0.4 is 0 Å². The van der Waals surface area contributed by atoms with Gasteiger partial charge in [0.15, 0.2) is 0 Å². The van der Waals surface area contributed by atoms with E-state index >= 15 is 0 Å². The predicted molar refractivity (Wildman–Crippen MR) is 139 cm³/mol. The van der Waals surface area contributed by atoms with E-state index in [9.17, 15) is 12.8 Å². The molecule has 10 heteroatoms. The Morgan fingerprint density at radius 1 is 0.857 bits per heavy atom. The first-order chi connectivity index (χ1) is 16.4. The highest BCUT2D eigenvalue weighted by atomic mass is 35.5. The van der Waals surface area contributed by atoms with Crippen LogP contribution in [0, 0.1) is 5.82 Å². The van der Waals surface area contributed by atoms with Gasteiger partial charge in [0, 0.05) is 11.1 Å². The van der Waals surface area contributed by atoms with Gasteiger partial charge < -0.3 is 0 Å². The quantitative estimate of drug-likeness (QED) is 0.236. The van der Waals surface area contributed by atoms with Crippen LogP contribution in [0.1, 0.15) is 30.7 Å². The number of aromatic nitrogens is 2. The average molecular weight is 572 g/mol. The van der Waals surface area contributed by atoms with E-state index in [2.05, 4.69) is 4.98 Å². The van der Waals surface area contributed by atoms with Crippen molar-refractivity contribution in [2.24, 2.45) is 0 Å². The third-order valence-corrected chi connectivity index (χ3v) is 8.75. The molecule has 3 aromatic carbocycles. The standard InChI is InChI=1S/C25H19Cl4FN2O2S/c1-25(2,16-4-10-20(27)22(29)12-16)23-13-31-24(32(23)18-7-5-17(30)6-8-18)35(33,34)14-15-3-9-19(26)21(28)11-15/h3-13H,14H2,1-2H3. The molecule has 0 saturated heterocycles. The van der Waals surface area contributed by atoms with Gasteiger partial charge in [0.25, 0.3) is 0 Å². The van der Waals surface area contributed by atoms with Crippen LogP contribution in [0.2, 0.25) is 20.1 Å². The summed E-state index contributed by atoms with van der Waals surface area (Å²) in [5.41, 5.74) is 1.52. The van der Waals surface area contributed by atoms with E-state index in [0.29, 0.717) is 32.0 Å². The minimum Gasteiger partial charge on any atom is -0.287 e. The second-order valence-corrected chi connectivity index (χ2v) is 12.0. The van der Waals surface area contributed by atoms with Crippen molar-refractivity contribution >= 4 is 56.2 Å². The van der Waals surface area contributed by atoms with Crippen molar-refractivity contribution in [3.05, 3.63) is 110 Å². The zero-order chi connectivity index (χ0) is 25.5. The third kappa shape index (κ3) is 5.23. The molecule has 0 bridgehead atoms. The summed E-state index contributed by atoms with van der Waals surface area (Å²) in [6, 6.07) is 15.4. The van der Waals surface area contributed by atoms with Crippen LogP contribution >= 0.6 is 46.4 Å². The summed E-state index contributed by atoms with van der Waals surface area (Å²) in [5, 5.41) is 1.17. The molecule has 4 nitrogen and oxygen atoms in total. The molecule has 0 saturated carbocycles. The number of hydrogen-bond acceptors (Lipinski definition) is 3. The van der Waals surface area contributed by atoms with Crippen molar-refractivity contribution in [3.8, 4) is 5.69 Å². The zero-order valence-electron chi connectivity index (χ0n) is 18.6. The van der Waals surface area contributed by atoms with Gasteiger partial charge in [-0.05, 0) is 59.7 Å². The Kier molecular flexibility index (Phi) is 7.24. The van der Waals surface area contributed by atoms with Crippen molar-refractivity contribution in [3.63, 3.8) is 0 Å². The summed E-state index contributed by atoms with van der Waals surface area (Å²) in [7, 11) is -3.96. The Hall–Kier alpha value is -2.09. The minimum atomic E-state index is -3.96. The molecule has 182 valence electrons. The summed E-state index contributed by atoms with van der Waals surface area (Å²) in [5.74, 6) is -0.797. The first kappa shape index (κ1) is 26.0. The van der Waals surface area contributed by atoms with Crippen LogP contribution in [0.4, 0.5) is 4.39 Å². The van der Waals surface area contributed by atoms with Crippen LogP contribution in [0.25, 0.3) is 5.69 Å². The first-order valence-electron chi connectivity index (χ1n) is 10.4. The first-order valence-corrected chi connectivity index (χ1v) is 13.5. The third-order valence-electron chi connectivity index (χ3n) is 5.71. The van der Waals surface area contributed by atoms with Crippen molar-refractivity contribution in [1.82, 2.24) is 9.55 Å². The van der Waals surface area contributed by atoms with Gasteiger partial charge in [-0.3, -0.25) is 4.57 Å². The maximum atomic E-state index is 13.7. The lowest BCUT2D eigenvalue weighted by Gasteiger charge is -2.27. The van der Waals surface area contributed by atoms with Crippen molar-refractivity contribution in [2.75, 3.05) is 0 Å². The highest BCUT2D eigenvalue weighted by molar-refractivity contribution is 7.90. The molecular weight excluding hydrogens is 553 g/mol. The van der Waals surface area contributed by atoms with E-state index in [0.717, 1.165) is 5.56 Å². The fraction of sp³-hybridized carbons (Fsp3) is 0.160. The molecular formula is C25H19Cl4FN2O2S. The minimum absolute atomic E-state index is 0.182. The van der Waals surface area contributed by atoms with Crippen molar-refractivity contribution in [2.45, 2.75) is 30.2 Å². The maximum absolute atomic E-state index is 13.7. The molecule has 35 heavy (non-hydrogen) atoms.